The number of H-pyrrole nitrogens is 1. The van der Waals surface area contributed by atoms with Gasteiger partial charge < -0.3 is 10.1 Å². The van der Waals surface area contributed by atoms with Crippen molar-refractivity contribution in [1.29, 1.82) is 0 Å². The third-order valence-electron chi connectivity index (χ3n) is 2.92. The number of rotatable bonds is 2. The van der Waals surface area contributed by atoms with Crippen LogP contribution in [0.15, 0.2) is 18.2 Å². The molecule has 0 unspecified atom stereocenters. The van der Waals surface area contributed by atoms with E-state index in [1.54, 1.807) is 12.1 Å². The van der Waals surface area contributed by atoms with Crippen LogP contribution < -0.4 is 0 Å². The molecule has 94 valence electrons. The number of para-hydroxylation sites is 1. The lowest BCUT2D eigenvalue weighted by atomic mass is 10.1. The van der Waals surface area contributed by atoms with Crippen LogP contribution in [0.2, 0.25) is 0 Å². The Morgan fingerprint density at radius 1 is 1.56 bits per heavy atom. The normalized spacial score (nSPS) is 15.5. The molecule has 1 amide bonds. The molecular weight excluding hydrogens is 234 g/mol. The van der Waals surface area contributed by atoms with Crippen molar-refractivity contribution in [3.63, 3.8) is 0 Å². The molecule has 1 aromatic carbocycles. The van der Waals surface area contributed by atoms with Gasteiger partial charge in [0.25, 0.3) is 5.91 Å². The Hall–Kier alpha value is -1.92. The lowest BCUT2D eigenvalue weighted by molar-refractivity contribution is -0.0767. The fraction of sp³-hybridized carbons (Fsp3) is 0.333. The first-order chi connectivity index (χ1) is 8.79. The van der Waals surface area contributed by atoms with Crippen molar-refractivity contribution in [2.75, 3.05) is 13.2 Å². The summed E-state index contributed by atoms with van der Waals surface area (Å²) in [5, 5.41) is 10.4. The molecule has 0 saturated carbocycles. The average molecular weight is 247 g/mol. The molecule has 2 heterocycles. The number of carbonyl (C=O) groups excluding carboxylic acids is 1. The Balaban J connectivity index is 2.04. The molecule has 0 atom stereocenters. The number of benzene rings is 1. The predicted molar refractivity (Wildman–Crippen MR) is 63.6 cm³/mol. The first-order valence-corrected chi connectivity index (χ1v) is 5.83. The second kappa shape index (κ2) is 4.40. The van der Waals surface area contributed by atoms with Crippen LogP contribution in [-0.4, -0.2) is 39.2 Å². The Morgan fingerprint density at radius 2 is 2.44 bits per heavy atom. The second-order valence-electron chi connectivity index (χ2n) is 4.14. The van der Waals surface area contributed by atoms with Crippen LogP contribution in [-0.2, 0) is 11.4 Å². The van der Waals surface area contributed by atoms with Gasteiger partial charge in [-0.05, 0) is 18.6 Å². The highest BCUT2D eigenvalue weighted by Gasteiger charge is 2.23. The maximum atomic E-state index is 12.2. The second-order valence-corrected chi connectivity index (χ2v) is 4.14. The zero-order valence-electron chi connectivity index (χ0n) is 9.72. The van der Waals surface area contributed by atoms with E-state index in [9.17, 15) is 4.79 Å². The quantitative estimate of drug-likeness (QED) is 0.824. The van der Waals surface area contributed by atoms with Gasteiger partial charge in [-0.3, -0.25) is 9.63 Å². The maximum Gasteiger partial charge on any atom is 0.279 e. The molecule has 1 aromatic heterocycles. The molecule has 6 heteroatoms. The summed E-state index contributed by atoms with van der Waals surface area (Å²) >= 11 is 0. The van der Waals surface area contributed by atoms with E-state index >= 15 is 0 Å². The number of fused-ring (bicyclic) bond motifs is 1. The highest BCUT2D eigenvalue weighted by atomic mass is 16.7. The van der Waals surface area contributed by atoms with Crippen LogP contribution in [0.1, 0.15) is 22.6 Å². The molecule has 18 heavy (non-hydrogen) atoms. The maximum absolute atomic E-state index is 12.2. The first kappa shape index (κ1) is 11.2. The number of hydrogen-bond donors (Lipinski definition) is 2. The van der Waals surface area contributed by atoms with E-state index in [1.165, 1.54) is 5.06 Å². The molecule has 2 aromatic rings. The molecule has 0 aliphatic carbocycles. The van der Waals surface area contributed by atoms with Gasteiger partial charge in [0, 0.05) is 0 Å². The van der Waals surface area contributed by atoms with Gasteiger partial charge >= 0.3 is 0 Å². The number of imidazole rings is 1. The largest absolute Gasteiger partial charge is 0.388 e. The molecule has 1 fully saturated rings. The molecule has 2 N–H and O–H groups in total. The summed E-state index contributed by atoms with van der Waals surface area (Å²) < 4.78 is 0. The van der Waals surface area contributed by atoms with E-state index < -0.39 is 0 Å². The Bertz CT molecular complexity index is 587. The van der Waals surface area contributed by atoms with Crippen molar-refractivity contribution < 1.29 is 14.7 Å². The number of aromatic amines is 1. The Kier molecular flexibility index (Phi) is 2.73. The topological polar surface area (TPSA) is 78.5 Å². The number of hydroxylamine groups is 2. The fourth-order valence-corrected chi connectivity index (χ4v) is 2.07. The minimum atomic E-state index is -0.186. The molecule has 0 bridgehead atoms. The highest BCUT2D eigenvalue weighted by Crippen LogP contribution is 2.20. The fourth-order valence-electron chi connectivity index (χ4n) is 2.07. The molecule has 0 spiro atoms. The number of nitrogens with one attached hydrogen (secondary N) is 1. The minimum absolute atomic E-state index is 0.178. The summed E-state index contributed by atoms with van der Waals surface area (Å²) in [5.41, 5.74) is 1.80. The molecule has 6 nitrogen and oxygen atoms in total. The van der Waals surface area contributed by atoms with Crippen molar-refractivity contribution in [2.45, 2.75) is 13.0 Å². The van der Waals surface area contributed by atoms with Gasteiger partial charge in [-0.15, -0.1) is 0 Å². The molecule has 1 saturated heterocycles. The number of nitrogens with zero attached hydrogens (tertiary/aromatic N) is 2. The van der Waals surface area contributed by atoms with Gasteiger partial charge in [-0.2, -0.15) is 0 Å². The third kappa shape index (κ3) is 1.75. The van der Waals surface area contributed by atoms with Gasteiger partial charge in [0.05, 0.1) is 24.2 Å². The van der Waals surface area contributed by atoms with E-state index in [0.29, 0.717) is 30.1 Å². The van der Waals surface area contributed by atoms with E-state index in [4.69, 9.17) is 9.94 Å². The van der Waals surface area contributed by atoms with Gasteiger partial charge in [0.1, 0.15) is 17.9 Å². The van der Waals surface area contributed by atoms with E-state index in [2.05, 4.69) is 9.97 Å². The van der Waals surface area contributed by atoms with Crippen LogP contribution in [0.5, 0.6) is 0 Å². The lowest BCUT2D eigenvalue weighted by Crippen LogP contribution is -2.26. The van der Waals surface area contributed by atoms with E-state index in [-0.39, 0.29) is 12.5 Å². The lowest BCUT2D eigenvalue weighted by Gasteiger charge is -2.13. The summed E-state index contributed by atoms with van der Waals surface area (Å²) in [6.45, 7) is 0.999. The predicted octanol–water partition coefficient (Wildman–Crippen LogP) is 0.833. The van der Waals surface area contributed by atoms with Gasteiger partial charge in [-0.1, -0.05) is 6.07 Å². The van der Waals surface area contributed by atoms with Crippen molar-refractivity contribution >= 4 is 16.9 Å². The van der Waals surface area contributed by atoms with E-state index in [0.717, 1.165) is 11.9 Å². The summed E-state index contributed by atoms with van der Waals surface area (Å²) in [6.07, 6.45) is 0.851. The minimum Gasteiger partial charge on any atom is -0.388 e. The van der Waals surface area contributed by atoms with Crippen LogP contribution in [0, 0.1) is 0 Å². The molecule has 1 aliphatic heterocycles. The SMILES string of the molecule is O=C(c1cccc2[nH]c(CO)nc12)N1CCCO1. The van der Waals surface area contributed by atoms with Crippen molar-refractivity contribution in [3.8, 4) is 0 Å². The van der Waals surface area contributed by atoms with Gasteiger partial charge in [-0.25, -0.2) is 10.0 Å². The average Bonchev–Trinajstić information content (AvgIpc) is 3.05. The molecule has 0 radical (unpaired) electrons. The Morgan fingerprint density at radius 3 is 3.17 bits per heavy atom. The zero-order valence-corrected chi connectivity index (χ0v) is 9.72. The third-order valence-corrected chi connectivity index (χ3v) is 2.92. The van der Waals surface area contributed by atoms with Crippen molar-refractivity contribution in [3.05, 3.63) is 29.6 Å². The number of carbonyl (C=O) groups is 1. The van der Waals surface area contributed by atoms with Gasteiger partial charge in [0.15, 0.2) is 0 Å². The smallest absolute Gasteiger partial charge is 0.279 e. The summed E-state index contributed by atoms with van der Waals surface area (Å²) in [5.74, 6) is 0.265. The van der Waals surface area contributed by atoms with Crippen LogP contribution in [0.3, 0.4) is 0 Å². The standard InChI is InChI=1S/C12H13N3O3/c16-7-10-13-9-4-1-3-8(11(9)14-10)12(17)15-5-2-6-18-15/h1,3-4,16H,2,5-7H2,(H,13,14). The Labute approximate surface area is 103 Å². The highest BCUT2D eigenvalue weighted by molar-refractivity contribution is 6.04. The van der Waals surface area contributed by atoms with Crippen LogP contribution in [0.25, 0.3) is 11.0 Å². The summed E-state index contributed by atoms with van der Waals surface area (Å²) in [7, 11) is 0. The zero-order chi connectivity index (χ0) is 12.5. The number of aromatic nitrogens is 2. The molecule has 1 aliphatic rings. The molecular formula is C12H13N3O3. The first-order valence-electron chi connectivity index (χ1n) is 5.83. The van der Waals surface area contributed by atoms with Crippen LogP contribution >= 0.6 is 0 Å². The summed E-state index contributed by atoms with van der Waals surface area (Å²) in [6, 6.07) is 5.32. The molecule has 3 rings (SSSR count). The number of hydrogen-bond acceptors (Lipinski definition) is 4. The number of amides is 1. The monoisotopic (exact) mass is 247 g/mol. The van der Waals surface area contributed by atoms with E-state index in [1.807, 2.05) is 6.07 Å². The number of aliphatic hydroxyl groups excluding tert-OH is 1. The number of aliphatic hydroxyl groups is 1. The van der Waals surface area contributed by atoms with Crippen molar-refractivity contribution in [1.82, 2.24) is 15.0 Å². The van der Waals surface area contributed by atoms with Crippen molar-refractivity contribution in [2.24, 2.45) is 0 Å². The summed E-state index contributed by atoms with van der Waals surface area (Å²) in [4.78, 5) is 24.7. The van der Waals surface area contributed by atoms with Crippen LogP contribution in [0.4, 0.5) is 0 Å². The van der Waals surface area contributed by atoms with Gasteiger partial charge in [0.2, 0.25) is 0 Å².